The number of benzene rings is 1. The minimum atomic E-state index is -2.88. The molecule has 2 rings (SSSR count). The summed E-state index contributed by atoms with van der Waals surface area (Å²) in [6.45, 7) is 0. The van der Waals surface area contributed by atoms with E-state index in [1.807, 2.05) is 12.1 Å². The van der Waals surface area contributed by atoms with Gasteiger partial charge in [0.25, 0.3) is 0 Å². The molecule has 0 aliphatic carbocycles. The summed E-state index contributed by atoms with van der Waals surface area (Å²) >= 11 is 5.74. The van der Waals surface area contributed by atoms with Gasteiger partial charge in [0.15, 0.2) is 9.84 Å². The van der Waals surface area contributed by atoms with Crippen molar-refractivity contribution in [3.8, 4) is 0 Å². The second-order valence-corrected chi connectivity index (χ2v) is 5.84. The second kappa shape index (κ2) is 3.41. The molecule has 0 fully saturated rings. The van der Waals surface area contributed by atoms with Crippen LogP contribution in [0.2, 0.25) is 5.02 Å². The van der Waals surface area contributed by atoms with Crippen LogP contribution in [0.25, 0.3) is 5.57 Å². The van der Waals surface area contributed by atoms with Gasteiger partial charge in [-0.2, -0.15) is 0 Å². The zero-order chi connectivity index (χ0) is 10.2. The zero-order valence-corrected chi connectivity index (χ0v) is 8.98. The molecule has 14 heavy (non-hydrogen) atoms. The van der Waals surface area contributed by atoms with Gasteiger partial charge in [0.2, 0.25) is 0 Å². The van der Waals surface area contributed by atoms with Gasteiger partial charge in [-0.05, 0) is 23.3 Å². The molecule has 0 atom stereocenters. The first-order valence-electron chi connectivity index (χ1n) is 4.22. The van der Waals surface area contributed by atoms with Gasteiger partial charge in [-0.1, -0.05) is 29.8 Å². The predicted octanol–water partition coefficient (Wildman–Crippen LogP) is 2.15. The maximum atomic E-state index is 11.2. The van der Waals surface area contributed by atoms with Crippen LogP contribution >= 0.6 is 11.6 Å². The molecular formula is C10H9ClO2S. The van der Waals surface area contributed by atoms with E-state index in [1.54, 1.807) is 18.2 Å². The van der Waals surface area contributed by atoms with Crippen molar-refractivity contribution < 1.29 is 8.42 Å². The maximum absolute atomic E-state index is 11.2. The van der Waals surface area contributed by atoms with E-state index in [-0.39, 0.29) is 11.5 Å². The number of sulfone groups is 1. The molecular weight excluding hydrogens is 220 g/mol. The van der Waals surface area contributed by atoms with E-state index < -0.39 is 9.84 Å². The Morgan fingerprint density at radius 3 is 2.29 bits per heavy atom. The summed E-state index contributed by atoms with van der Waals surface area (Å²) in [5.74, 6) is 0.305. The van der Waals surface area contributed by atoms with Crippen molar-refractivity contribution in [2.75, 3.05) is 11.5 Å². The number of rotatable bonds is 1. The van der Waals surface area contributed by atoms with Gasteiger partial charge in [0, 0.05) is 5.02 Å². The fraction of sp³-hybridized carbons (Fsp3) is 0.200. The summed E-state index contributed by atoms with van der Waals surface area (Å²) in [6, 6.07) is 7.22. The van der Waals surface area contributed by atoms with Crippen LogP contribution in [0, 0.1) is 0 Å². The third kappa shape index (κ3) is 1.99. The molecule has 0 radical (unpaired) electrons. The lowest BCUT2D eigenvalue weighted by molar-refractivity contribution is 0.603. The molecule has 1 aliphatic rings. The van der Waals surface area contributed by atoms with E-state index >= 15 is 0 Å². The van der Waals surface area contributed by atoms with Gasteiger partial charge in [-0.25, -0.2) is 8.42 Å². The van der Waals surface area contributed by atoms with Crippen molar-refractivity contribution in [2.45, 2.75) is 0 Å². The summed E-state index contributed by atoms with van der Waals surface area (Å²) in [5, 5.41) is 0.662. The van der Waals surface area contributed by atoms with Crippen molar-refractivity contribution in [3.05, 3.63) is 40.9 Å². The topological polar surface area (TPSA) is 34.1 Å². The molecule has 4 heteroatoms. The van der Waals surface area contributed by atoms with E-state index in [1.165, 1.54) is 0 Å². The van der Waals surface area contributed by atoms with Gasteiger partial charge in [0.05, 0.1) is 11.5 Å². The van der Waals surface area contributed by atoms with E-state index in [4.69, 9.17) is 11.6 Å². The Morgan fingerprint density at radius 1 is 1.14 bits per heavy atom. The van der Waals surface area contributed by atoms with Crippen LogP contribution < -0.4 is 0 Å². The van der Waals surface area contributed by atoms with Crippen LogP contribution in [0.15, 0.2) is 30.3 Å². The van der Waals surface area contributed by atoms with Crippen LogP contribution in [0.1, 0.15) is 5.56 Å². The first-order chi connectivity index (χ1) is 6.57. The Kier molecular flexibility index (Phi) is 2.37. The number of halogens is 1. The second-order valence-electron chi connectivity index (χ2n) is 3.29. The van der Waals surface area contributed by atoms with Crippen LogP contribution in [0.5, 0.6) is 0 Å². The predicted molar refractivity (Wildman–Crippen MR) is 58.1 cm³/mol. The molecule has 0 saturated carbocycles. The van der Waals surface area contributed by atoms with Crippen molar-refractivity contribution in [3.63, 3.8) is 0 Å². The lowest BCUT2D eigenvalue weighted by Gasteiger charge is -2.00. The van der Waals surface area contributed by atoms with Crippen LogP contribution in [0.4, 0.5) is 0 Å². The van der Waals surface area contributed by atoms with Crippen molar-refractivity contribution >= 4 is 27.0 Å². The SMILES string of the molecule is O=S1(=O)CC=C(c2ccc(Cl)cc2)C1. The first kappa shape index (κ1) is 9.74. The maximum Gasteiger partial charge on any atom is 0.158 e. The quantitative estimate of drug-likeness (QED) is 0.738. The molecule has 1 heterocycles. The van der Waals surface area contributed by atoms with Crippen LogP contribution in [0.3, 0.4) is 0 Å². The Labute approximate surface area is 88.1 Å². The molecule has 0 N–H and O–H groups in total. The van der Waals surface area contributed by atoms with Gasteiger partial charge in [-0.15, -0.1) is 0 Å². The molecule has 74 valence electrons. The first-order valence-corrected chi connectivity index (χ1v) is 6.42. The van der Waals surface area contributed by atoms with Crippen molar-refractivity contribution in [2.24, 2.45) is 0 Å². The molecule has 0 saturated heterocycles. The highest BCUT2D eigenvalue weighted by Crippen LogP contribution is 2.23. The smallest absolute Gasteiger partial charge is 0.158 e. The lowest BCUT2D eigenvalue weighted by Crippen LogP contribution is -2.02. The highest BCUT2D eigenvalue weighted by atomic mass is 35.5. The van der Waals surface area contributed by atoms with Crippen molar-refractivity contribution in [1.82, 2.24) is 0 Å². The van der Waals surface area contributed by atoms with Crippen LogP contribution in [-0.2, 0) is 9.84 Å². The van der Waals surface area contributed by atoms with E-state index in [0.717, 1.165) is 11.1 Å². The van der Waals surface area contributed by atoms with E-state index in [9.17, 15) is 8.42 Å². The normalized spacial score (nSPS) is 19.4. The summed E-state index contributed by atoms with van der Waals surface area (Å²) in [5.41, 5.74) is 1.82. The summed E-state index contributed by atoms with van der Waals surface area (Å²) < 4.78 is 22.4. The minimum absolute atomic E-state index is 0.147. The number of hydrogen-bond acceptors (Lipinski definition) is 2. The van der Waals surface area contributed by atoms with Gasteiger partial charge in [-0.3, -0.25) is 0 Å². The molecule has 0 unspecified atom stereocenters. The monoisotopic (exact) mass is 228 g/mol. The van der Waals surface area contributed by atoms with Gasteiger partial charge in [0.1, 0.15) is 0 Å². The molecule has 0 spiro atoms. The van der Waals surface area contributed by atoms with E-state index in [0.29, 0.717) is 5.02 Å². The molecule has 0 bridgehead atoms. The molecule has 2 nitrogen and oxygen atoms in total. The Hall–Kier alpha value is -0.800. The van der Waals surface area contributed by atoms with Gasteiger partial charge >= 0.3 is 0 Å². The molecule has 1 aromatic rings. The summed E-state index contributed by atoms with van der Waals surface area (Å²) in [4.78, 5) is 0. The van der Waals surface area contributed by atoms with Gasteiger partial charge < -0.3 is 0 Å². The summed E-state index contributed by atoms with van der Waals surface area (Å²) in [6.07, 6.45) is 1.76. The lowest BCUT2D eigenvalue weighted by atomic mass is 10.1. The third-order valence-electron chi connectivity index (χ3n) is 2.17. The van der Waals surface area contributed by atoms with E-state index in [2.05, 4.69) is 0 Å². The Bertz CT molecular complexity index is 471. The van der Waals surface area contributed by atoms with Crippen molar-refractivity contribution in [1.29, 1.82) is 0 Å². The standard InChI is InChI=1S/C10H9ClO2S/c11-10-3-1-8(2-4-10)9-5-6-14(12,13)7-9/h1-5H,6-7H2. The largest absolute Gasteiger partial charge is 0.228 e. The molecule has 1 aromatic carbocycles. The summed E-state index contributed by atoms with van der Waals surface area (Å²) in [7, 11) is -2.88. The number of hydrogen-bond donors (Lipinski definition) is 0. The Morgan fingerprint density at radius 2 is 1.79 bits per heavy atom. The average Bonchev–Trinajstić information content (AvgIpc) is 2.47. The minimum Gasteiger partial charge on any atom is -0.228 e. The Balaban J connectivity index is 2.30. The fourth-order valence-corrected chi connectivity index (χ4v) is 2.90. The fourth-order valence-electron chi connectivity index (χ4n) is 1.45. The van der Waals surface area contributed by atoms with Crippen LogP contribution in [-0.4, -0.2) is 19.9 Å². The molecule has 0 aromatic heterocycles. The highest BCUT2D eigenvalue weighted by Gasteiger charge is 2.20. The molecule has 0 amide bonds. The average molecular weight is 229 g/mol. The highest BCUT2D eigenvalue weighted by molar-refractivity contribution is 7.92. The third-order valence-corrected chi connectivity index (χ3v) is 3.85. The molecule has 1 aliphatic heterocycles. The zero-order valence-electron chi connectivity index (χ0n) is 7.40.